The summed E-state index contributed by atoms with van der Waals surface area (Å²) >= 11 is 0. The Morgan fingerprint density at radius 3 is 1.24 bits per heavy atom. The molecule has 0 amide bonds. The quantitative estimate of drug-likeness (QED) is 0.179. The van der Waals surface area contributed by atoms with Crippen LogP contribution >= 0.6 is 0 Å². The number of hydrogen-bond donors (Lipinski definition) is 0. The van der Waals surface area contributed by atoms with Crippen LogP contribution in [-0.2, 0) is 6.54 Å². The smallest absolute Gasteiger partial charge is 0.319 e. The average molecular weight is 553 g/mol. The van der Waals surface area contributed by atoms with Gasteiger partial charge >= 0.3 is 6.18 Å². The number of hydrogen-bond acceptors (Lipinski definition) is 0. The molecule has 2 aromatic carbocycles. The van der Waals surface area contributed by atoms with Crippen molar-refractivity contribution >= 4 is 24.3 Å². The molecule has 0 aliphatic heterocycles. The molecule has 0 unspecified atom stereocenters. The predicted octanol–water partition coefficient (Wildman–Crippen LogP) is 8.69. The highest BCUT2D eigenvalue weighted by atomic mass is 19.4. The standard InChI is InChI=1S/C35H33F3N3/c1-25-8-9-26(2)40(25)33-20-14-29(15-21-33)12-18-31-6-5-7-32(39(31)24-35(36,37)38)19-13-30-16-22-34(23-17-30)41-27(3)10-11-28(41)4/h5-23H,24H2,1-4H3/q+1. The SMILES string of the molecule is Cc1ccc(C)n1-c1ccc(/C=C/c2cccc(/C=C/c3ccc(-n4c(C)ccc4C)cc3)[n+]2CC(F)(F)F)cc1. The molecule has 6 heteroatoms. The first kappa shape index (κ1) is 28.0. The third-order valence-corrected chi connectivity index (χ3v) is 7.23. The summed E-state index contributed by atoms with van der Waals surface area (Å²) in [4.78, 5) is 0. The van der Waals surface area contributed by atoms with Crippen LogP contribution in [0.15, 0.2) is 91.0 Å². The minimum Gasteiger partial charge on any atom is -0.319 e. The van der Waals surface area contributed by atoms with Gasteiger partial charge in [0.05, 0.1) is 0 Å². The van der Waals surface area contributed by atoms with Crippen molar-refractivity contribution in [1.82, 2.24) is 9.13 Å². The Kier molecular flexibility index (Phi) is 7.84. The molecular weight excluding hydrogens is 519 g/mol. The zero-order chi connectivity index (χ0) is 29.1. The Labute approximate surface area is 239 Å². The van der Waals surface area contributed by atoms with Gasteiger partial charge in [-0.1, -0.05) is 24.3 Å². The Bertz CT molecular complexity index is 1560. The number of pyridine rings is 1. The fourth-order valence-corrected chi connectivity index (χ4v) is 5.21. The fraction of sp³-hybridized carbons (Fsp3) is 0.171. The van der Waals surface area contributed by atoms with E-state index in [9.17, 15) is 13.2 Å². The highest BCUT2D eigenvalue weighted by molar-refractivity contribution is 5.70. The first-order valence-corrected chi connectivity index (χ1v) is 13.6. The third kappa shape index (κ3) is 6.43. The number of alkyl halides is 3. The number of nitrogens with zero attached hydrogens (tertiary/aromatic N) is 3. The second-order valence-electron chi connectivity index (χ2n) is 10.3. The highest BCUT2D eigenvalue weighted by Gasteiger charge is 2.35. The van der Waals surface area contributed by atoms with E-state index in [0.717, 1.165) is 45.3 Å². The Morgan fingerprint density at radius 1 is 0.537 bits per heavy atom. The summed E-state index contributed by atoms with van der Waals surface area (Å²) in [6.07, 6.45) is 2.80. The fourth-order valence-electron chi connectivity index (χ4n) is 5.21. The van der Waals surface area contributed by atoms with Crippen molar-refractivity contribution in [3.05, 3.63) is 136 Å². The second kappa shape index (κ2) is 11.5. The first-order valence-electron chi connectivity index (χ1n) is 13.6. The van der Waals surface area contributed by atoms with E-state index >= 15 is 0 Å². The van der Waals surface area contributed by atoms with Crippen LogP contribution in [-0.4, -0.2) is 15.3 Å². The zero-order valence-corrected chi connectivity index (χ0v) is 23.7. The summed E-state index contributed by atoms with van der Waals surface area (Å²) in [5, 5.41) is 0. The maximum absolute atomic E-state index is 13.6. The lowest BCUT2D eigenvalue weighted by molar-refractivity contribution is -0.722. The van der Waals surface area contributed by atoms with E-state index in [0.29, 0.717) is 11.4 Å². The molecule has 0 saturated carbocycles. The molecule has 41 heavy (non-hydrogen) atoms. The summed E-state index contributed by atoms with van der Waals surface area (Å²) in [6, 6.07) is 29.5. The van der Waals surface area contributed by atoms with E-state index in [2.05, 4.69) is 61.1 Å². The molecule has 0 radical (unpaired) electrons. The molecule has 3 aromatic heterocycles. The van der Waals surface area contributed by atoms with Gasteiger partial charge in [-0.25, -0.2) is 0 Å². The van der Waals surface area contributed by atoms with Gasteiger partial charge in [0, 0.05) is 58.4 Å². The monoisotopic (exact) mass is 552 g/mol. The molecule has 3 heterocycles. The number of rotatable bonds is 7. The van der Waals surface area contributed by atoms with Crippen molar-refractivity contribution in [2.24, 2.45) is 0 Å². The van der Waals surface area contributed by atoms with Crippen LogP contribution in [0.25, 0.3) is 35.7 Å². The van der Waals surface area contributed by atoms with Crippen LogP contribution in [0.4, 0.5) is 13.2 Å². The summed E-state index contributed by atoms with van der Waals surface area (Å²) < 4.78 is 46.6. The molecule has 0 fully saturated rings. The van der Waals surface area contributed by atoms with Crippen molar-refractivity contribution in [2.45, 2.75) is 40.4 Å². The molecular formula is C35H33F3N3+. The van der Waals surface area contributed by atoms with Crippen LogP contribution in [0, 0.1) is 27.7 Å². The maximum atomic E-state index is 13.6. The molecule has 0 atom stereocenters. The summed E-state index contributed by atoms with van der Waals surface area (Å²) in [5.41, 5.74) is 9.43. The van der Waals surface area contributed by atoms with Crippen molar-refractivity contribution in [2.75, 3.05) is 0 Å². The van der Waals surface area contributed by atoms with E-state index in [1.54, 1.807) is 30.4 Å². The summed E-state index contributed by atoms with van der Waals surface area (Å²) in [7, 11) is 0. The minimum absolute atomic E-state index is 0.472. The van der Waals surface area contributed by atoms with E-state index in [4.69, 9.17) is 0 Å². The molecule has 5 rings (SSSR count). The van der Waals surface area contributed by atoms with Crippen molar-refractivity contribution in [1.29, 1.82) is 0 Å². The lowest BCUT2D eigenvalue weighted by atomic mass is 10.1. The number of halogens is 3. The predicted molar refractivity (Wildman–Crippen MR) is 161 cm³/mol. The molecule has 0 bridgehead atoms. The van der Waals surface area contributed by atoms with Crippen LogP contribution in [0.5, 0.6) is 0 Å². The van der Waals surface area contributed by atoms with Crippen molar-refractivity contribution in [3.8, 4) is 11.4 Å². The van der Waals surface area contributed by atoms with Gasteiger partial charge in [0.2, 0.25) is 17.9 Å². The van der Waals surface area contributed by atoms with E-state index in [-0.39, 0.29) is 0 Å². The van der Waals surface area contributed by atoms with Crippen LogP contribution in [0.3, 0.4) is 0 Å². The molecule has 208 valence electrons. The Hall–Kier alpha value is -4.58. The van der Waals surface area contributed by atoms with Gasteiger partial charge in [-0.3, -0.25) is 0 Å². The van der Waals surface area contributed by atoms with Crippen LogP contribution < -0.4 is 4.57 Å². The van der Waals surface area contributed by atoms with Gasteiger partial charge < -0.3 is 9.13 Å². The van der Waals surface area contributed by atoms with Crippen molar-refractivity contribution < 1.29 is 17.7 Å². The topological polar surface area (TPSA) is 13.7 Å². The van der Waals surface area contributed by atoms with Gasteiger partial charge in [0.15, 0.2) is 0 Å². The lowest BCUT2D eigenvalue weighted by Gasteiger charge is -2.10. The highest BCUT2D eigenvalue weighted by Crippen LogP contribution is 2.21. The van der Waals surface area contributed by atoms with E-state index in [1.165, 1.54) is 4.57 Å². The Morgan fingerprint density at radius 2 is 0.902 bits per heavy atom. The van der Waals surface area contributed by atoms with Crippen LogP contribution in [0.1, 0.15) is 45.3 Å². The van der Waals surface area contributed by atoms with Gasteiger partial charge in [0.25, 0.3) is 0 Å². The zero-order valence-electron chi connectivity index (χ0n) is 23.7. The van der Waals surface area contributed by atoms with E-state index < -0.39 is 12.7 Å². The molecule has 0 aliphatic carbocycles. The largest absolute Gasteiger partial charge is 0.448 e. The molecule has 0 N–H and O–H groups in total. The molecule has 0 aliphatic rings. The first-order chi connectivity index (χ1) is 19.6. The molecule has 5 aromatic rings. The van der Waals surface area contributed by atoms with E-state index in [1.807, 2.05) is 60.7 Å². The number of aromatic nitrogens is 3. The molecule has 0 spiro atoms. The van der Waals surface area contributed by atoms with Crippen LogP contribution in [0.2, 0.25) is 0 Å². The van der Waals surface area contributed by atoms with Gasteiger partial charge in [-0.05, 0) is 106 Å². The number of aryl methyl sites for hydroxylation is 4. The summed E-state index contributed by atoms with van der Waals surface area (Å²) in [5.74, 6) is 0. The normalized spacial score (nSPS) is 12.2. The lowest BCUT2D eigenvalue weighted by Crippen LogP contribution is -2.46. The minimum atomic E-state index is -4.36. The van der Waals surface area contributed by atoms with Gasteiger partial charge in [-0.15, -0.1) is 0 Å². The van der Waals surface area contributed by atoms with Gasteiger partial charge in [-0.2, -0.15) is 17.7 Å². The second-order valence-corrected chi connectivity index (χ2v) is 10.3. The maximum Gasteiger partial charge on any atom is 0.448 e. The summed E-state index contributed by atoms with van der Waals surface area (Å²) in [6.45, 7) is 7.15. The Balaban J connectivity index is 1.41. The molecule has 3 nitrogen and oxygen atoms in total. The third-order valence-electron chi connectivity index (χ3n) is 7.23. The molecule has 0 saturated heterocycles. The van der Waals surface area contributed by atoms with Gasteiger partial charge in [0.1, 0.15) is 0 Å². The van der Waals surface area contributed by atoms with Crippen molar-refractivity contribution in [3.63, 3.8) is 0 Å². The average Bonchev–Trinajstić information content (AvgIpc) is 3.46. The number of benzene rings is 2.